The van der Waals surface area contributed by atoms with Gasteiger partial charge in [0.05, 0.1) is 6.61 Å². The number of hydrogen-bond donors (Lipinski definition) is 0. The highest BCUT2D eigenvalue weighted by molar-refractivity contribution is 5.14. The third kappa shape index (κ3) is 3.95. The molecule has 0 N–H and O–H groups in total. The van der Waals surface area contributed by atoms with Crippen LogP contribution in [0.5, 0.6) is 0 Å². The van der Waals surface area contributed by atoms with E-state index in [1.54, 1.807) is 0 Å². The summed E-state index contributed by atoms with van der Waals surface area (Å²) in [5.41, 5.74) is 1.43. The van der Waals surface area contributed by atoms with Crippen molar-refractivity contribution in [3.63, 3.8) is 0 Å². The minimum absolute atomic E-state index is 0.237. The summed E-state index contributed by atoms with van der Waals surface area (Å²) in [5.74, 6) is -0.237. The summed E-state index contributed by atoms with van der Waals surface area (Å²) in [6.45, 7) is 3.58. The molecule has 0 aromatic heterocycles. The van der Waals surface area contributed by atoms with Crippen LogP contribution in [0.25, 0.3) is 0 Å². The average Bonchev–Trinajstić information content (AvgIpc) is 3.03. The lowest BCUT2D eigenvalue weighted by atomic mass is 10.1. The smallest absolute Gasteiger partial charge is 0.189 e. The fraction of sp³-hybridized carbons (Fsp3) is 0.571. The first-order chi connectivity index (χ1) is 7.79. The van der Waals surface area contributed by atoms with Crippen LogP contribution in [0.15, 0.2) is 30.3 Å². The van der Waals surface area contributed by atoms with E-state index < -0.39 is 0 Å². The standard InChI is InChI=1S/C14H20O2/c1-14(12-16-14)15-11-7-3-6-10-13-8-4-2-5-9-13/h2,4-5,8-9H,3,6-7,10-12H2,1H3. The zero-order valence-corrected chi connectivity index (χ0v) is 9.95. The first kappa shape index (κ1) is 11.6. The molecule has 1 atom stereocenters. The lowest BCUT2D eigenvalue weighted by Gasteiger charge is -2.07. The molecule has 88 valence electrons. The number of benzene rings is 1. The molecule has 2 heteroatoms. The van der Waals surface area contributed by atoms with Gasteiger partial charge in [-0.05, 0) is 31.7 Å². The molecule has 0 aliphatic carbocycles. The summed E-state index contributed by atoms with van der Waals surface area (Å²) in [6.07, 6.45) is 4.77. The lowest BCUT2D eigenvalue weighted by Crippen LogP contribution is -2.11. The van der Waals surface area contributed by atoms with E-state index >= 15 is 0 Å². The van der Waals surface area contributed by atoms with Crippen molar-refractivity contribution in [1.82, 2.24) is 0 Å². The van der Waals surface area contributed by atoms with Gasteiger partial charge in [-0.3, -0.25) is 0 Å². The molecule has 0 radical (unpaired) electrons. The molecular formula is C14H20O2. The second-order valence-electron chi connectivity index (χ2n) is 4.57. The molecule has 1 aromatic carbocycles. The summed E-state index contributed by atoms with van der Waals surface area (Å²) in [4.78, 5) is 0. The number of aryl methyl sites for hydroxylation is 1. The van der Waals surface area contributed by atoms with Crippen molar-refractivity contribution in [2.24, 2.45) is 0 Å². The molecule has 1 aliphatic rings. The van der Waals surface area contributed by atoms with Crippen LogP contribution in [0.2, 0.25) is 0 Å². The molecular weight excluding hydrogens is 200 g/mol. The molecule has 0 spiro atoms. The van der Waals surface area contributed by atoms with Gasteiger partial charge < -0.3 is 9.47 Å². The number of ether oxygens (including phenoxy) is 2. The zero-order valence-electron chi connectivity index (χ0n) is 9.95. The Bertz CT molecular complexity index is 304. The van der Waals surface area contributed by atoms with Gasteiger partial charge in [-0.1, -0.05) is 36.8 Å². The highest BCUT2D eigenvalue weighted by Crippen LogP contribution is 2.27. The first-order valence-electron chi connectivity index (χ1n) is 6.10. The summed E-state index contributed by atoms with van der Waals surface area (Å²) in [7, 11) is 0. The van der Waals surface area contributed by atoms with Gasteiger partial charge in [0.25, 0.3) is 0 Å². The van der Waals surface area contributed by atoms with Crippen molar-refractivity contribution < 1.29 is 9.47 Å². The molecule has 0 amide bonds. The van der Waals surface area contributed by atoms with E-state index in [-0.39, 0.29) is 5.79 Å². The Labute approximate surface area is 97.6 Å². The predicted molar refractivity (Wildman–Crippen MR) is 64.3 cm³/mol. The molecule has 1 unspecified atom stereocenters. The number of epoxide rings is 1. The quantitative estimate of drug-likeness (QED) is 0.520. The van der Waals surface area contributed by atoms with E-state index in [0.29, 0.717) is 0 Å². The zero-order chi connectivity index (χ0) is 11.3. The molecule has 1 aliphatic heterocycles. The van der Waals surface area contributed by atoms with Crippen LogP contribution in [-0.2, 0) is 15.9 Å². The Balaban J connectivity index is 1.49. The van der Waals surface area contributed by atoms with Crippen molar-refractivity contribution in [3.8, 4) is 0 Å². The largest absolute Gasteiger partial charge is 0.348 e. The van der Waals surface area contributed by atoms with Gasteiger partial charge in [-0.15, -0.1) is 0 Å². The molecule has 16 heavy (non-hydrogen) atoms. The summed E-state index contributed by atoms with van der Waals surface area (Å²) in [5, 5.41) is 0. The highest BCUT2D eigenvalue weighted by Gasteiger charge is 2.40. The van der Waals surface area contributed by atoms with E-state index in [0.717, 1.165) is 19.6 Å². The molecule has 2 rings (SSSR count). The Morgan fingerprint density at radius 2 is 1.94 bits per heavy atom. The predicted octanol–water partition coefficient (Wildman–Crippen LogP) is 3.16. The van der Waals surface area contributed by atoms with Crippen LogP contribution in [-0.4, -0.2) is 19.0 Å². The fourth-order valence-electron chi connectivity index (χ4n) is 1.73. The second-order valence-corrected chi connectivity index (χ2v) is 4.57. The molecule has 0 bridgehead atoms. The maximum absolute atomic E-state index is 5.57. The third-order valence-corrected chi connectivity index (χ3v) is 2.91. The van der Waals surface area contributed by atoms with Crippen LogP contribution < -0.4 is 0 Å². The SMILES string of the molecule is CC1(OCCCCCc2ccccc2)CO1. The van der Waals surface area contributed by atoms with Crippen LogP contribution >= 0.6 is 0 Å². The fourth-order valence-corrected chi connectivity index (χ4v) is 1.73. The molecule has 1 heterocycles. The maximum atomic E-state index is 5.57. The lowest BCUT2D eigenvalue weighted by molar-refractivity contribution is -0.0308. The molecule has 1 fully saturated rings. The Morgan fingerprint density at radius 1 is 1.19 bits per heavy atom. The average molecular weight is 220 g/mol. The van der Waals surface area contributed by atoms with Crippen molar-refractivity contribution in [2.75, 3.05) is 13.2 Å². The topological polar surface area (TPSA) is 21.8 Å². The Morgan fingerprint density at radius 3 is 2.62 bits per heavy atom. The van der Waals surface area contributed by atoms with E-state index in [9.17, 15) is 0 Å². The monoisotopic (exact) mass is 220 g/mol. The van der Waals surface area contributed by atoms with Gasteiger partial charge >= 0.3 is 0 Å². The van der Waals surface area contributed by atoms with E-state index in [1.807, 2.05) is 6.92 Å². The Hall–Kier alpha value is -0.860. The molecule has 0 saturated carbocycles. The van der Waals surface area contributed by atoms with Crippen LogP contribution in [0, 0.1) is 0 Å². The summed E-state index contributed by atoms with van der Waals surface area (Å²) < 4.78 is 10.7. The minimum Gasteiger partial charge on any atom is -0.348 e. The minimum atomic E-state index is -0.237. The van der Waals surface area contributed by atoms with E-state index in [2.05, 4.69) is 30.3 Å². The summed E-state index contributed by atoms with van der Waals surface area (Å²) >= 11 is 0. The van der Waals surface area contributed by atoms with Crippen molar-refractivity contribution in [3.05, 3.63) is 35.9 Å². The number of unbranched alkanes of at least 4 members (excludes halogenated alkanes) is 2. The van der Waals surface area contributed by atoms with Crippen LogP contribution in [0.3, 0.4) is 0 Å². The van der Waals surface area contributed by atoms with Gasteiger partial charge in [0.1, 0.15) is 6.61 Å². The maximum Gasteiger partial charge on any atom is 0.189 e. The second kappa shape index (κ2) is 5.46. The van der Waals surface area contributed by atoms with Gasteiger partial charge in [-0.25, -0.2) is 0 Å². The van der Waals surface area contributed by atoms with Crippen LogP contribution in [0.4, 0.5) is 0 Å². The van der Waals surface area contributed by atoms with E-state index in [4.69, 9.17) is 9.47 Å². The van der Waals surface area contributed by atoms with Crippen molar-refractivity contribution >= 4 is 0 Å². The number of hydrogen-bond acceptors (Lipinski definition) is 2. The van der Waals surface area contributed by atoms with Crippen molar-refractivity contribution in [2.45, 2.75) is 38.4 Å². The van der Waals surface area contributed by atoms with Gasteiger partial charge in [-0.2, -0.15) is 0 Å². The van der Waals surface area contributed by atoms with Gasteiger partial charge in [0, 0.05) is 0 Å². The highest BCUT2D eigenvalue weighted by atomic mass is 16.8. The molecule has 2 nitrogen and oxygen atoms in total. The van der Waals surface area contributed by atoms with E-state index in [1.165, 1.54) is 24.8 Å². The first-order valence-corrected chi connectivity index (χ1v) is 6.10. The Kier molecular flexibility index (Phi) is 3.97. The van der Waals surface area contributed by atoms with Gasteiger partial charge in [0.2, 0.25) is 0 Å². The van der Waals surface area contributed by atoms with Gasteiger partial charge in [0.15, 0.2) is 5.79 Å². The molecule has 1 aromatic rings. The summed E-state index contributed by atoms with van der Waals surface area (Å²) in [6, 6.07) is 10.6. The molecule has 1 saturated heterocycles. The van der Waals surface area contributed by atoms with Crippen LogP contribution in [0.1, 0.15) is 31.7 Å². The van der Waals surface area contributed by atoms with Crippen molar-refractivity contribution in [1.29, 1.82) is 0 Å². The number of rotatable bonds is 7. The normalized spacial score (nSPS) is 23.3. The third-order valence-electron chi connectivity index (χ3n) is 2.91.